The number of hydrogen-bond acceptors (Lipinski definition) is 4. The molecule has 0 saturated carbocycles. The first kappa shape index (κ1) is 16.0. The number of fused-ring (bicyclic) bond motifs is 1. The van der Waals surface area contributed by atoms with E-state index in [4.69, 9.17) is 4.74 Å². The first-order chi connectivity index (χ1) is 11.5. The number of rotatable bonds is 4. The van der Waals surface area contributed by atoms with Crippen molar-refractivity contribution in [2.75, 3.05) is 14.2 Å². The molecule has 0 saturated heterocycles. The molecule has 0 aliphatic carbocycles. The Morgan fingerprint density at radius 2 is 1.88 bits per heavy atom. The van der Waals surface area contributed by atoms with Crippen LogP contribution in [-0.4, -0.2) is 31.0 Å². The van der Waals surface area contributed by atoms with Gasteiger partial charge in [0.1, 0.15) is 11.6 Å². The summed E-state index contributed by atoms with van der Waals surface area (Å²) in [4.78, 5) is 25.6. The van der Waals surface area contributed by atoms with Crippen molar-refractivity contribution in [3.8, 4) is 5.75 Å². The van der Waals surface area contributed by atoms with Gasteiger partial charge < -0.3 is 14.4 Å². The predicted molar refractivity (Wildman–Crippen MR) is 84.3 cm³/mol. The summed E-state index contributed by atoms with van der Waals surface area (Å²) in [7, 11) is 2.77. The fourth-order valence-corrected chi connectivity index (χ4v) is 2.76. The van der Waals surface area contributed by atoms with Crippen LogP contribution in [0.3, 0.4) is 0 Å². The van der Waals surface area contributed by atoms with Crippen molar-refractivity contribution in [3.63, 3.8) is 0 Å². The van der Waals surface area contributed by atoms with Gasteiger partial charge >= 0.3 is 5.97 Å². The standard InChI is InChI=1S/C18H16FNO4/c1-23-12-5-3-11(4-6-12)9-20-10-15-13(17(20)21)7-8-14(16(15)19)18(22)24-2/h3-8H,9-10H2,1-2H3. The molecule has 0 aromatic heterocycles. The van der Waals surface area contributed by atoms with Gasteiger partial charge in [0.05, 0.1) is 26.3 Å². The van der Waals surface area contributed by atoms with Gasteiger partial charge in [-0.3, -0.25) is 4.79 Å². The molecule has 5 nitrogen and oxygen atoms in total. The van der Waals surface area contributed by atoms with E-state index in [2.05, 4.69) is 4.74 Å². The number of carbonyl (C=O) groups is 2. The largest absolute Gasteiger partial charge is 0.497 e. The third-order valence-corrected chi connectivity index (χ3v) is 4.05. The highest BCUT2D eigenvalue weighted by atomic mass is 19.1. The van der Waals surface area contributed by atoms with E-state index in [0.717, 1.165) is 11.3 Å². The Balaban J connectivity index is 1.84. The zero-order chi connectivity index (χ0) is 17.3. The number of esters is 1. The minimum atomic E-state index is -0.753. The molecule has 1 amide bonds. The molecule has 6 heteroatoms. The van der Waals surface area contributed by atoms with Crippen molar-refractivity contribution in [3.05, 3.63) is 64.5 Å². The number of amides is 1. The highest BCUT2D eigenvalue weighted by Crippen LogP contribution is 2.29. The summed E-state index contributed by atoms with van der Waals surface area (Å²) in [5, 5.41) is 0. The predicted octanol–water partition coefficient (Wildman–Crippen LogP) is 2.78. The molecule has 0 fully saturated rings. The molecule has 24 heavy (non-hydrogen) atoms. The van der Waals surface area contributed by atoms with Crippen molar-refractivity contribution < 1.29 is 23.5 Å². The maximum atomic E-state index is 14.5. The van der Waals surface area contributed by atoms with Crippen LogP contribution in [0.15, 0.2) is 36.4 Å². The van der Waals surface area contributed by atoms with E-state index in [0.29, 0.717) is 6.54 Å². The van der Waals surface area contributed by atoms with Crippen LogP contribution in [0, 0.1) is 5.82 Å². The smallest absolute Gasteiger partial charge is 0.340 e. The average Bonchev–Trinajstić information content (AvgIpc) is 2.92. The summed E-state index contributed by atoms with van der Waals surface area (Å²) >= 11 is 0. The van der Waals surface area contributed by atoms with Gasteiger partial charge in [0, 0.05) is 17.7 Å². The Bertz CT molecular complexity index is 801. The molecule has 3 rings (SSSR count). The van der Waals surface area contributed by atoms with E-state index in [1.54, 1.807) is 19.2 Å². The first-order valence-corrected chi connectivity index (χ1v) is 7.37. The maximum Gasteiger partial charge on any atom is 0.340 e. The third kappa shape index (κ3) is 2.71. The average molecular weight is 329 g/mol. The molecule has 0 radical (unpaired) electrons. The number of methoxy groups -OCH3 is 2. The molecule has 0 spiro atoms. The summed E-state index contributed by atoms with van der Waals surface area (Å²) < 4.78 is 24.2. The Morgan fingerprint density at radius 1 is 1.17 bits per heavy atom. The van der Waals surface area contributed by atoms with E-state index in [-0.39, 0.29) is 29.1 Å². The molecule has 0 N–H and O–H groups in total. The fraction of sp³-hybridized carbons (Fsp3) is 0.222. The van der Waals surface area contributed by atoms with Crippen LogP contribution in [0.2, 0.25) is 0 Å². The minimum Gasteiger partial charge on any atom is -0.497 e. The lowest BCUT2D eigenvalue weighted by atomic mass is 10.1. The third-order valence-electron chi connectivity index (χ3n) is 4.05. The van der Waals surface area contributed by atoms with Gasteiger partial charge in [-0.15, -0.1) is 0 Å². The van der Waals surface area contributed by atoms with Crippen molar-refractivity contribution in [1.29, 1.82) is 0 Å². The number of nitrogens with zero attached hydrogens (tertiary/aromatic N) is 1. The number of hydrogen-bond donors (Lipinski definition) is 0. The SMILES string of the molecule is COC(=O)c1ccc2c(c1F)CN(Cc1ccc(OC)cc1)C2=O. The molecule has 1 aliphatic rings. The molecule has 124 valence electrons. The van der Waals surface area contributed by atoms with Crippen molar-refractivity contribution in [2.24, 2.45) is 0 Å². The maximum absolute atomic E-state index is 14.5. The number of halogens is 1. The lowest BCUT2D eigenvalue weighted by Crippen LogP contribution is -2.23. The van der Waals surface area contributed by atoms with Gasteiger partial charge in [0.15, 0.2) is 0 Å². The van der Waals surface area contributed by atoms with E-state index >= 15 is 0 Å². The second kappa shape index (κ2) is 6.31. The van der Waals surface area contributed by atoms with Gasteiger partial charge in [-0.1, -0.05) is 12.1 Å². The van der Waals surface area contributed by atoms with Gasteiger partial charge in [0.2, 0.25) is 0 Å². The Labute approximate surface area is 138 Å². The summed E-state index contributed by atoms with van der Waals surface area (Å²) in [5.41, 5.74) is 1.27. The second-order valence-electron chi connectivity index (χ2n) is 5.45. The number of carbonyl (C=O) groups excluding carboxylic acids is 2. The summed E-state index contributed by atoms with van der Waals surface area (Å²) in [6.07, 6.45) is 0. The van der Waals surface area contributed by atoms with Crippen LogP contribution in [0.4, 0.5) is 4.39 Å². The molecule has 2 aromatic rings. The molecular formula is C18H16FNO4. The van der Waals surface area contributed by atoms with Crippen LogP contribution in [-0.2, 0) is 17.8 Å². The quantitative estimate of drug-likeness (QED) is 0.810. The normalized spacial score (nSPS) is 13.0. The Hall–Kier alpha value is -2.89. The molecular weight excluding hydrogens is 313 g/mol. The number of benzene rings is 2. The van der Waals surface area contributed by atoms with Gasteiger partial charge in [-0.05, 0) is 29.8 Å². The zero-order valence-corrected chi connectivity index (χ0v) is 13.3. The lowest BCUT2D eigenvalue weighted by molar-refractivity contribution is 0.0595. The minimum absolute atomic E-state index is 0.122. The van der Waals surface area contributed by atoms with Crippen LogP contribution < -0.4 is 4.74 Å². The van der Waals surface area contributed by atoms with Crippen LogP contribution in [0.5, 0.6) is 5.75 Å². The van der Waals surface area contributed by atoms with E-state index in [1.165, 1.54) is 24.1 Å². The second-order valence-corrected chi connectivity index (χ2v) is 5.45. The highest BCUT2D eigenvalue weighted by Gasteiger charge is 2.32. The molecule has 0 atom stereocenters. The number of ether oxygens (including phenoxy) is 2. The Morgan fingerprint density at radius 3 is 2.50 bits per heavy atom. The van der Waals surface area contributed by atoms with E-state index in [9.17, 15) is 14.0 Å². The summed E-state index contributed by atoms with van der Waals surface area (Å²) in [6, 6.07) is 10.1. The molecule has 0 bridgehead atoms. The lowest BCUT2D eigenvalue weighted by Gasteiger charge is -2.15. The monoisotopic (exact) mass is 329 g/mol. The van der Waals surface area contributed by atoms with E-state index in [1.807, 2.05) is 12.1 Å². The fourth-order valence-electron chi connectivity index (χ4n) is 2.76. The van der Waals surface area contributed by atoms with Crippen LogP contribution in [0.1, 0.15) is 31.8 Å². The zero-order valence-electron chi connectivity index (χ0n) is 13.3. The first-order valence-electron chi connectivity index (χ1n) is 7.37. The van der Waals surface area contributed by atoms with Gasteiger partial charge in [-0.2, -0.15) is 0 Å². The topological polar surface area (TPSA) is 55.8 Å². The van der Waals surface area contributed by atoms with Gasteiger partial charge in [0.25, 0.3) is 5.91 Å². The Kier molecular flexibility index (Phi) is 4.20. The van der Waals surface area contributed by atoms with Crippen molar-refractivity contribution >= 4 is 11.9 Å². The summed E-state index contributed by atoms with van der Waals surface area (Å²) in [6.45, 7) is 0.474. The van der Waals surface area contributed by atoms with Crippen LogP contribution in [0.25, 0.3) is 0 Å². The molecule has 2 aromatic carbocycles. The van der Waals surface area contributed by atoms with Gasteiger partial charge in [-0.25, -0.2) is 9.18 Å². The van der Waals surface area contributed by atoms with Crippen LogP contribution >= 0.6 is 0 Å². The van der Waals surface area contributed by atoms with E-state index < -0.39 is 11.8 Å². The van der Waals surface area contributed by atoms with Crippen molar-refractivity contribution in [1.82, 2.24) is 4.90 Å². The molecule has 1 heterocycles. The molecule has 0 unspecified atom stereocenters. The van der Waals surface area contributed by atoms with Crippen molar-refractivity contribution in [2.45, 2.75) is 13.1 Å². The summed E-state index contributed by atoms with van der Waals surface area (Å²) in [5.74, 6) is -0.971. The highest BCUT2D eigenvalue weighted by molar-refractivity contribution is 6.00. The molecule has 1 aliphatic heterocycles.